The molecule has 1 aliphatic heterocycles. The van der Waals surface area contributed by atoms with E-state index in [4.69, 9.17) is 4.74 Å². The smallest absolute Gasteiger partial charge is 0.251 e. The zero-order valence-corrected chi connectivity index (χ0v) is 21.4. The van der Waals surface area contributed by atoms with E-state index in [-0.39, 0.29) is 29.8 Å². The Bertz CT molecular complexity index is 1340. The molecular weight excluding hydrogens is 497 g/mol. The van der Waals surface area contributed by atoms with E-state index in [2.05, 4.69) is 9.56 Å². The van der Waals surface area contributed by atoms with Crippen molar-refractivity contribution in [1.82, 2.24) is 8.87 Å². The molecule has 0 saturated carbocycles. The van der Waals surface area contributed by atoms with Crippen LogP contribution in [0.4, 0.5) is 4.39 Å². The second-order valence-electron chi connectivity index (χ2n) is 7.95. The van der Waals surface area contributed by atoms with E-state index in [9.17, 15) is 17.6 Å². The Morgan fingerprint density at radius 2 is 1.91 bits per heavy atom. The first-order valence-electron chi connectivity index (χ1n) is 10.8. The third-order valence-corrected chi connectivity index (χ3v) is 9.41. The molecule has 0 spiro atoms. The van der Waals surface area contributed by atoms with Crippen molar-refractivity contribution in [3.05, 3.63) is 53.1 Å². The number of thioether (sulfide) groups is 1. The number of ether oxygens (including phenoxy) is 1. The Morgan fingerprint density at radius 3 is 2.56 bits per heavy atom. The number of piperidine rings is 1. The lowest BCUT2D eigenvalue weighted by molar-refractivity contribution is -0.122. The molecule has 1 fully saturated rings. The monoisotopic (exact) mass is 523 g/mol. The normalized spacial score (nSPS) is 16.3. The maximum absolute atomic E-state index is 13.2. The Morgan fingerprint density at radius 1 is 1.21 bits per heavy atom. The summed E-state index contributed by atoms with van der Waals surface area (Å²) in [7, 11) is -2.10. The number of benzene rings is 2. The highest BCUT2D eigenvalue weighted by molar-refractivity contribution is 7.98. The van der Waals surface area contributed by atoms with Crippen molar-refractivity contribution >= 4 is 49.2 Å². The predicted octanol–water partition coefficient (Wildman–Crippen LogP) is 3.74. The summed E-state index contributed by atoms with van der Waals surface area (Å²) in [6, 6.07) is 10.6. The summed E-state index contributed by atoms with van der Waals surface area (Å²) in [6.45, 7) is 1.18. The van der Waals surface area contributed by atoms with Crippen LogP contribution in [-0.2, 0) is 21.4 Å². The third kappa shape index (κ3) is 5.22. The van der Waals surface area contributed by atoms with Gasteiger partial charge in [0.25, 0.3) is 5.91 Å². The van der Waals surface area contributed by atoms with Crippen molar-refractivity contribution in [2.24, 2.45) is 10.9 Å². The highest BCUT2D eigenvalue weighted by Gasteiger charge is 2.32. The molecule has 2 heterocycles. The van der Waals surface area contributed by atoms with Crippen LogP contribution in [-0.4, -0.2) is 55.4 Å². The summed E-state index contributed by atoms with van der Waals surface area (Å²) in [6.07, 6.45) is 2.83. The van der Waals surface area contributed by atoms with Gasteiger partial charge in [-0.05, 0) is 61.6 Å². The van der Waals surface area contributed by atoms with Gasteiger partial charge in [-0.2, -0.15) is 21.1 Å². The number of aromatic nitrogens is 1. The van der Waals surface area contributed by atoms with Crippen LogP contribution >= 0.6 is 23.1 Å². The molecule has 0 unspecified atom stereocenters. The van der Waals surface area contributed by atoms with Crippen molar-refractivity contribution in [3.63, 3.8) is 0 Å². The highest BCUT2D eigenvalue weighted by Crippen LogP contribution is 2.26. The molecule has 1 aromatic heterocycles. The maximum atomic E-state index is 13.2. The van der Waals surface area contributed by atoms with Crippen molar-refractivity contribution in [2.75, 3.05) is 32.2 Å². The average molecular weight is 524 g/mol. The van der Waals surface area contributed by atoms with E-state index in [1.807, 2.05) is 24.5 Å². The summed E-state index contributed by atoms with van der Waals surface area (Å²) in [5.74, 6) is 0.583. The summed E-state index contributed by atoms with van der Waals surface area (Å²) in [5, 5.41) is 0. The number of nitrogens with zero attached hydrogens (tertiary/aromatic N) is 3. The van der Waals surface area contributed by atoms with Crippen LogP contribution in [0.5, 0.6) is 5.75 Å². The SMILES string of the molecule is COc1ccc2c(c1)sc(=NC(=O)C1CCN(S(=O)(=O)c3ccc(F)cc3)CC1)n2CCSC. The first-order valence-corrected chi connectivity index (χ1v) is 14.5. The molecule has 34 heavy (non-hydrogen) atoms. The quantitative estimate of drug-likeness (QED) is 0.471. The molecule has 7 nitrogen and oxygen atoms in total. The molecule has 182 valence electrons. The standard InChI is InChI=1S/C23H26FN3O4S3/c1-31-18-5-8-20-21(15-18)33-23(27(20)13-14-32-2)25-22(28)16-9-11-26(12-10-16)34(29,30)19-6-3-17(24)4-7-19/h3-8,15-16H,9-14H2,1-2H3. The molecule has 0 aliphatic carbocycles. The zero-order valence-electron chi connectivity index (χ0n) is 18.9. The number of hydrogen-bond acceptors (Lipinski definition) is 6. The van der Waals surface area contributed by atoms with Crippen LogP contribution in [0, 0.1) is 11.7 Å². The molecule has 0 bridgehead atoms. The number of halogens is 1. The average Bonchev–Trinajstić information content (AvgIpc) is 3.18. The van der Waals surface area contributed by atoms with Gasteiger partial charge in [-0.25, -0.2) is 12.8 Å². The third-order valence-electron chi connectivity index (χ3n) is 5.87. The number of carbonyl (C=O) groups excluding carboxylic acids is 1. The fourth-order valence-corrected chi connectivity index (χ4v) is 6.87. The predicted molar refractivity (Wildman–Crippen MR) is 133 cm³/mol. The lowest BCUT2D eigenvalue weighted by Gasteiger charge is -2.29. The van der Waals surface area contributed by atoms with Crippen LogP contribution in [0.25, 0.3) is 10.2 Å². The number of fused-ring (bicyclic) bond motifs is 1. The van der Waals surface area contributed by atoms with Crippen molar-refractivity contribution < 1.29 is 22.3 Å². The number of hydrogen-bond donors (Lipinski definition) is 0. The number of aryl methyl sites for hydroxylation is 1. The van der Waals surface area contributed by atoms with Gasteiger partial charge < -0.3 is 9.30 Å². The van der Waals surface area contributed by atoms with Gasteiger partial charge in [0.05, 0.1) is 22.2 Å². The van der Waals surface area contributed by atoms with Gasteiger partial charge >= 0.3 is 0 Å². The van der Waals surface area contributed by atoms with Crippen molar-refractivity contribution in [2.45, 2.75) is 24.3 Å². The zero-order chi connectivity index (χ0) is 24.3. The van der Waals surface area contributed by atoms with Crippen LogP contribution in [0.2, 0.25) is 0 Å². The van der Waals surface area contributed by atoms with E-state index in [1.54, 1.807) is 18.9 Å². The minimum atomic E-state index is -3.72. The number of sulfonamides is 1. The second kappa shape index (κ2) is 10.6. The molecule has 1 amide bonds. The van der Waals surface area contributed by atoms with Gasteiger partial charge in [-0.1, -0.05) is 11.3 Å². The van der Waals surface area contributed by atoms with Gasteiger partial charge in [0.1, 0.15) is 11.6 Å². The lowest BCUT2D eigenvalue weighted by atomic mass is 9.98. The van der Waals surface area contributed by atoms with Gasteiger partial charge in [-0.3, -0.25) is 4.79 Å². The number of methoxy groups -OCH3 is 1. The van der Waals surface area contributed by atoms with E-state index < -0.39 is 15.8 Å². The van der Waals surface area contributed by atoms with Crippen molar-refractivity contribution in [3.8, 4) is 5.75 Å². The van der Waals surface area contributed by atoms with Crippen LogP contribution in [0.15, 0.2) is 52.4 Å². The van der Waals surface area contributed by atoms with E-state index in [0.717, 1.165) is 40.4 Å². The van der Waals surface area contributed by atoms with Crippen molar-refractivity contribution in [1.29, 1.82) is 0 Å². The van der Waals surface area contributed by atoms with E-state index >= 15 is 0 Å². The number of carbonyl (C=O) groups is 1. The summed E-state index contributed by atoms with van der Waals surface area (Å²) >= 11 is 3.17. The van der Waals surface area contributed by atoms with E-state index in [1.165, 1.54) is 27.8 Å². The Balaban J connectivity index is 1.53. The van der Waals surface area contributed by atoms with Gasteiger partial charge in [0, 0.05) is 31.3 Å². The molecule has 2 aromatic carbocycles. The number of rotatable bonds is 7. The Labute approximate surface area is 206 Å². The number of thiazole rings is 1. The Kier molecular flexibility index (Phi) is 7.76. The largest absolute Gasteiger partial charge is 0.497 e. The van der Waals surface area contributed by atoms with Gasteiger partial charge in [0.2, 0.25) is 10.0 Å². The van der Waals surface area contributed by atoms with Gasteiger partial charge in [0.15, 0.2) is 4.80 Å². The fourth-order valence-electron chi connectivity index (χ4n) is 3.95. The molecule has 0 N–H and O–H groups in total. The molecule has 1 aliphatic rings. The highest BCUT2D eigenvalue weighted by atomic mass is 32.2. The minimum absolute atomic E-state index is 0.0545. The molecule has 3 aromatic rings. The second-order valence-corrected chi connectivity index (χ2v) is 11.9. The Hall–Kier alpha value is -2.21. The van der Waals surface area contributed by atoms with E-state index in [0.29, 0.717) is 17.6 Å². The lowest BCUT2D eigenvalue weighted by Crippen LogP contribution is -2.40. The molecule has 1 saturated heterocycles. The number of amides is 1. The first kappa shape index (κ1) is 24.9. The summed E-state index contributed by atoms with van der Waals surface area (Å²) in [5.41, 5.74) is 1.01. The van der Waals surface area contributed by atoms with Crippen LogP contribution < -0.4 is 9.54 Å². The van der Waals surface area contributed by atoms with Crippen LogP contribution in [0.1, 0.15) is 12.8 Å². The topological polar surface area (TPSA) is 81.0 Å². The molecule has 11 heteroatoms. The van der Waals surface area contributed by atoms with Gasteiger partial charge in [-0.15, -0.1) is 0 Å². The molecule has 0 radical (unpaired) electrons. The first-order chi connectivity index (χ1) is 16.3. The summed E-state index contributed by atoms with van der Waals surface area (Å²) < 4.78 is 48.6. The van der Waals surface area contributed by atoms with Crippen LogP contribution in [0.3, 0.4) is 0 Å². The summed E-state index contributed by atoms with van der Waals surface area (Å²) in [4.78, 5) is 18.2. The maximum Gasteiger partial charge on any atom is 0.251 e. The molecule has 4 rings (SSSR count). The minimum Gasteiger partial charge on any atom is -0.497 e. The molecular formula is C23H26FN3O4S3. The molecule has 0 atom stereocenters. The fraction of sp³-hybridized carbons (Fsp3) is 0.391.